The summed E-state index contributed by atoms with van der Waals surface area (Å²) in [5, 5.41) is 13.2. The summed E-state index contributed by atoms with van der Waals surface area (Å²) in [6.45, 7) is 2.01. The van der Waals surface area contributed by atoms with Crippen LogP contribution in [-0.2, 0) is 16.0 Å². The van der Waals surface area contributed by atoms with Crippen LogP contribution in [0.2, 0.25) is 0 Å². The maximum absolute atomic E-state index is 13.1. The zero-order chi connectivity index (χ0) is 20.8. The molecule has 5 rings (SSSR count). The number of fused-ring (bicyclic) bond motifs is 1. The van der Waals surface area contributed by atoms with E-state index < -0.39 is 17.7 Å². The van der Waals surface area contributed by atoms with Crippen LogP contribution < -0.4 is 4.74 Å². The highest BCUT2D eigenvalue weighted by Crippen LogP contribution is 2.44. The molecule has 30 heavy (non-hydrogen) atoms. The summed E-state index contributed by atoms with van der Waals surface area (Å²) in [4.78, 5) is 28.9. The second-order valence-electron chi connectivity index (χ2n) is 8.47. The van der Waals surface area contributed by atoms with Gasteiger partial charge in [-0.05, 0) is 55.0 Å². The number of amides is 1. The van der Waals surface area contributed by atoms with Crippen LogP contribution in [0.15, 0.2) is 41.3 Å². The summed E-state index contributed by atoms with van der Waals surface area (Å²) in [7, 11) is 0. The fourth-order valence-electron chi connectivity index (χ4n) is 5.04. The topological polar surface area (TPSA) is 66.8 Å². The molecular formula is C24H25NO4S. The number of aliphatic hydroxyl groups excluding tert-OH is 1. The fourth-order valence-corrected chi connectivity index (χ4v) is 5.87. The summed E-state index contributed by atoms with van der Waals surface area (Å²) < 4.78 is 5.76. The highest BCUT2D eigenvalue weighted by atomic mass is 32.1. The molecule has 0 bridgehead atoms. The number of thiophene rings is 1. The Morgan fingerprint density at radius 3 is 2.70 bits per heavy atom. The van der Waals surface area contributed by atoms with Gasteiger partial charge in [-0.1, -0.05) is 25.3 Å². The van der Waals surface area contributed by atoms with E-state index in [0.717, 1.165) is 48.3 Å². The number of nitrogens with zero attached hydrogens (tertiary/aromatic N) is 1. The number of carbonyl (C=O) groups is 2. The number of hydrogen-bond acceptors (Lipinski definition) is 5. The van der Waals surface area contributed by atoms with Crippen molar-refractivity contribution in [3.63, 3.8) is 0 Å². The lowest BCUT2D eigenvalue weighted by molar-refractivity contribution is -0.141. The molecule has 2 aromatic rings. The number of benzene rings is 1. The molecule has 1 aromatic heterocycles. The zero-order valence-electron chi connectivity index (χ0n) is 17.0. The summed E-state index contributed by atoms with van der Waals surface area (Å²) in [6, 6.07) is 8.89. The summed E-state index contributed by atoms with van der Waals surface area (Å²) in [5.74, 6) is -0.342. The van der Waals surface area contributed by atoms with Gasteiger partial charge in [0.1, 0.15) is 17.6 Å². The normalized spacial score (nSPS) is 26.1. The molecule has 1 amide bonds. The van der Waals surface area contributed by atoms with E-state index in [1.807, 2.05) is 36.6 Å². The van der Waals surface area contributed by atoms with Gasteiger partial charge in [-0.15, -0.1) is 11.3 Å². The standard InChI is InChI=1S/C24H25NO4S/c1-14-12-16-13-15(9-10-18(16)29-14)22(26)20-21(19-8-5-11-30-19)25(24(28)23(20)27)17-6-3-2-4-7-17/h5,8-11,13-14,17,21,26H,2-4,6-7,12H2,1H3/b22-20-. The first-order valence-corrected chi connectivity index (χ1v) is 11.6. The van der Waals surface area contributed by atoms with Crippen molar-refractivity contribution in [2.24, 2.45) is 0 Å². The van der Waals surface area contributed by atoms with E-state index in [0.29, 0.717) is 5.56 Å². The Balaban J connectivity index is 1.61. The Morgan fingerprint density at radius 2 is 1.97 bits per heavy atom. The molecule has 0 spiro atoms. The minimum absolute atomic E-state index is 0.0434. The Morgan fingerprint density at radius 1 is 1.17 bits per heavy atom. The van der Waals surface area contributed by atoms with Crippen molar-refractivity contribution in [3.8, 4) is 5.75 Å². The minimum Gasteiger partial charge on any atom is -0.507 e. The van der Waals surface area contributed by atoms with E-state index in [2.05, 4.69) is 0 Å². The first kappa shape index (κ1) is 19.4. The van der Waals surface area contributed by atoms with Crippen LogP contribution in [-0.4, -0.2) is 33.8 Å². The van der Waals surface area contributed by atoms with Gasteiger partial charge in [0.05, 0.1) is 11.6 Å². The second-order valence-corrected chi connectivity index (χ2v) is 9.45. The monoisotopic (exact) mass is 423 g/mol. The molecule has 1 saturated carbocycles. The van der Waals surface area contributed by atoms with Gasteiger partial charge in [0, 0.05) is 22.9 Å². The molecule has 1 aliphatic carbocycles. The predicted molar refractivity (Wildman–Crippen MR) is 116 cm³/mol. The molecule has 2 unspecified atom stereocenters. The van der Waals surface area contributed by atoms with Crippen LogP contribution >= 0.6 is 11.3 Å². The third-order valence-corrected chi connectivity index (χ3v) is 7.36. The van der Waals surface area contributed by atoms with E-state index in [1.165, 1.54) is 17.8 Å². The molecule has 1 N–H and O–H groups in total. The smallest absolute Gasteiger partial charge is 0.295 e. The van der Waals surface area contributed by atoms with Crippen LogP contribution in [0.3, 0.4) is 0 Å². The fraction of sp³-hybridized carbons (Fsp3) is 0.417. The quantitative estimate of drug-likeness (QED) is 0.436. The van der Waals surface area contributed by atoms with Crippen molar-refractivity contribution in [2.75, 3.05) is 0 Å². The van der Waals surface area contributed by atoms with Crippen LogP contribution in [0.1, 0.15) is 61.1 Å². The molecule has 2 fully saturated rings. The molecule has 1 saturated heterocycles. The number of likely N-dealkylation sites (tertiary alicyclic amines) is 1. The van der Waals surface area contributed by atoms with Crippen LogP contribution in [0, 0.1) is 0 Å². The average Bonchev–Trinajstić information content (AvgIpc) is 3.46. The van der Waals surface area contributed by atoms with Gasteiger partial charge in [-0.3, -0.25) is 9.59 Å². The molecule has 3 heterocycles. The molecule has 6 heteroatoms. The lowest BCUT2D eigenvalue weighted by Crippen LogP contribution is -2.40. The van der Waals surface area contributed by atoms with E-state index in [9.17, 15) is 14.7 Å². The lowest BCUT2D eigenvalue weighted by Gasteiger charge is -2.34. The SMILES string of the molecule is CC1Cc2cc(/C(O)=C3/C(=O)C(=O)N(C4CCCCC4)C3c3cccs3)ccc2O1. The molecule has 5 nitrogen and oxygen atoms in total. The van der Waals surface area contributed by atoms with Crippen molar-refractivity contribution in [1.29, 1.82) is 0 Å². The van der Waals surface area contributed by atoms with E-state index in [1.54, 1.807) is 11.0 Å². The molecule has 156 valence electrons. The van der Waals surface area contributed by atoms with Crippen LogP contribution in [0.25, 0.3) is 5.76 Å². The van der Waals surface area contributed by atoms with Crippen molar-refractivity contribution < 1.29 is 19.4 Å². The molecular weight excluding hydrogens is 398 g/mol. The molecule has 0 radical (unpaired) electrons. The number of Topliss-reactive ketones (excluding diaryl/α,β-unsaturated/α-hetero) is 1. The molecule has 1 aromatic carbocycles. The Hall–Kier alpha value is -2.60. The van der Waals surface area contributed by atoms with E-state index in [-0.39, 0.29) is 23.5 Å². The van der Waals surface area contributed by atoms with Gasteiger partial charge in [0.2, 0.25) is 0 Å². The van der Waals surface area contributed by atoms with E-state index in [4.69, 9.17) is 4.74 Å². The number of aliphatic hydroxyl groups is 1. The van der Waals surface area contributed by atoms with Gasteiger partial charge in [0.25, 0.3) is 11.7 Å². The third kappa shape index (κ3) is 3.14. The van der Waals surface area contributed by atoms with Crippen molar-refractivity contribution in [3.05, 3.63) is 57.3 Å². The maximum Gasteiger partial charge on any atom is 0.295 e. The number of rotatable bonds is 3. The van der Waals surface area contributed by atoms with Gasteiger partial charge in [-0.2, -0.15) is 0 Å². The molecule has 2 aliphatic heterocycles. The summed E-state index contributed by atoms with van der Waals surface area (Å²) >= 11 is 1.52. The van der Waals surface area contributed by atoms with Crippen molar-refractivity contribution in [1.82, 2.24) is 4.90 Å². The summed E-state index contributed by atoms with van der Waals surface area (Å²) in [5.41, 5.74) is 1.79. The number of ether oxygens (including phenoxy) is 1. The molecule has 3 aliphatic rings. The van der Waals surface area contributed by atoms with Gasteiger partial charge in [-0.25, -0.2) is 0 Å². The van der Waals surface area contributed by atoms with E-state index >= 15 is 0 Å². The Kier molecular flexibility index (Phi) is 4.89. The van der Waals surface area contributed by atoms with Gasteiger partial charge < -0.3 is 14.7 Å². The number of hydrogen-bond donors (Lipinski definition) is 1. The first-order valence-electron chi connectivity index (χ1n) is 10.7. The van der Waals surface area contributed by atoms with Gasteiger partial charge in [0.15, 0.2) is 0 Å². The largest absolute Gasteiger partial charge is 0.507 e. The summed E-state index contributed by atoms with van der Waals surface area (Å²) in [6.07, 6.45) is 5.97. The number of ketones is 1. The minimum atomic E-state index is -0.582. The van der Waals surface area contributed by atoms with Crippen molar-refractivity contribution in [2.45, 2.75) is 63.6 Å². The highest BCUT2D eigenvalue weighted by molar-refractivity contribution is 7.10. The zero-order valence-corrected chi connectivity index (χ0v) is 17.8. The van der Waals surface area contributed by atoms with Crippen LogP contribution in [0.5, 0.6) is 5.75 Å². The highest BCUT2D eigenvalue weighted by Gasteiger charge is 2.49. The average molecular weight is 424 g/mol. The first-order chi connectivity index (χ1) is 14.5. The third-order valence-electron chi connectivity index (χ3n) is 6.43. The number of carbonyl (C=O) groups excluding carboxylic acids is 2. The van der Waals surface area contributed by atoms with Crippen LogP contribution in [0.4, 0.5) is 0 Å². The Labute approximate surface area is 180 Å². The maximum atomic E-state index is 13.1. The van der Waals surface area contributed by atoms with Crippen molar-refractivity contribution >= 4 is 28.8 Å². The lowest BCUT2D eigenvalue weighted by atomic mass is 9.92. The van der Waals surface area contributed by atoms with Gasteiger partial charge >= 0.3 is 0 Å². The molecule has 2 atom stereocenters. The second kappa shape index (κ2) is 7.58. The predicted octanol–water partition coefficient (Wildman–Crippen LogP) is 4.83. The Bertz CT molecular complexity index is 1020.